The summed E-state index contributed by atoms with van der Waals surface area (Å²) in [6.45, 7) is 1.89. The van der Waals surface area contributed by atoms with Crippen molar-refractivity contribution >= 4 is 38.5 Å². The van der Waals surface area contributed by atoms with Crippen molar-refractivity contribution in [2.24, 2.45) is 0 Å². The molecule has 4 aromatic rings. The van der Waals surface area contributed by atoms with E-state index in [1.807, 2.05) is 10.5 Å². The zero-order valence-corrected chi connectivity index (χ0v) is 22.9. The molecule has 3 N–H and O–H groups in total. The smallest absolute Gasteiger partial charge is 0.407 e. The number of nitrogens with one attached hydrogen (secondary N) is 1. The van der Waals surface area contributed by atoms with E-state index < -0.39 is 24.1 Å². The van der Waals surface area contributed by atoms with E-state index in [4.69, 9.17) is 4.74 Å². The predicted octanol–water partition coefficient (Wildman–Crippen LogP) is 3.97. The number of rotatable bonds is 5. The molecule has 2 fully saturated rings. The minimum absolute atomic E-state index is 0.00121. The molecule has 40 heavy (non-hydrogen) atoms. The second-order valence-corrected chi connectivity index (χ2v) is 11.5. The summed E-state index contributed by atoms with van der Waals surface area (Å²) >= 11 is 1.39. The minimum atomic E-state index is -1.15. The van der Waals surface area contributed by atoms with E-state index in [1.165, 1.54) is 24.5 Å². The van der Waals surface area contributed by atoms with Gasteiger partial charge in [0.2, 0.25) is 0 Å². The van der Waals surface area contributed by atoms with Crippen molar-refractivity contribution in [3.05, 3.63) is 53.5 Å². The number of amides is 2. The molecule has 2 atom stereocenters. The molecule has 0 radical (unpaired) electrons. The number of likely N-dealkylation sites (tertiary alicyclic amines) is 2. The van der Waals surface area contributed by atoms with Crippen molar-refractivity contribution in [1.29, 1.82) is 0 Å². The number of aliphatic hydroxyl groups is 1. The highest BCUT2D eigenvalue weighted by Gasteiger charge is 2.35. The summed E-state index contributed by atoms with van der Waals surface area (Å²) in [5.74, 6) is -0.242. The fourth-order valence-corrected chi connectivity index (χ4v) is 6.73. The number of aromatic nitrogens is 2. The van der Waals surface area contributed by atoms with Crippen LogP contribution in [0, 0.1) is 5.82 Å². The van der Waals surface area contributed by atoms with E-state index in [0.717, 1.165) is 41.0 Å². The van der Waals surface area contributed by atoms with Gasteiger partial charge >= 0.3 is 6.09 Å². The molecule has 0 spiro atoms. The molecule has 2 aliphatic rings. The first-order chi connectivity index (χ1) is 19.2. The molecule has 12 heteroatoms. The number of methoxy groups -OCH3 is 1. The SMILES string of the molecule is COc1cc2c(cc1C(=O)NC1CCN(C)CC1)sc1nc(-c3ccc([C@H]4C[C@H](O)CN4C(=O)O)cc3F)cn12. The average Bonchev–Trinajstić information content (AvgIpc) is 3.61. The number of halogens is 1. The topological polar surface area (TPSA) is 120 Å². The van der Waals surface area contributed by atoms with Gasteiger partial charge in [0, 0.05) is 23.9 Å². The predicted molar refractivity (Wildman–Crippen MR) is 149 cm³/mol. The summed E-state index contributed by atoms with van der Waals surface area (Å²) in [5.41, 5.74) is 2.46. The van der Waals surface area contributed by atoms with Crippen LogP contribution in [0.25, 0.3) is 26.4 Å². The van der Waals surface area contributed by atoms with Gasteiger partial charge in [-0.15, -0.1) is 0 Å². The van der Waals surface area contributed by atoms with Crippen LogP contribution < -0.4 is 10.1 Å². The fourth-order valence-electron chi connectivity index (χ4n) is 5.71. The fraction of sp³-hybridized carbons (Fsp3) is 0.393. The summed E-state index contributed by atoms with van der Waals surface area (Å²) in [6, 6.07) is 7.73. The number of fused-ring (bicyclic) bond motifs is 3. The molecule has 2 saturated heterocycles. The highest BCUT2D eigenvalue weighted by atomic mass is 32.1. The first kappa shape index (κ1) is 26.5. The summed E-state index contributed by atoms with van der Waals surface area (Å²) < 4.78 is 23.6. The molecule has 6 rings (SSSR count). The minimum Gasteiger partial charge on any atom is -0.496 e. The quantitative estimate of drug-likeness (QED) is 0.334. The van der Waals surface area contributed by atoms with Gasteiger partial charge in [-0.3, -0.25) is 14.1 Å². The molecular formula is C28H30FN5O5S. The van der Waals surface area contributed by atoms with Crippen LogP contribution in [-0.2, 0) is 0 Å². The number of carboxylic acid groups (broad SMARTS) is 1. The lowest BCUT2D eigenvalue weighted by molar-refractivity contribution is 0.0914. The number of imidazole rings is 1. The number of β-amino-alcohol motifs (C(OH)–C–C–N with tert-alkyl or cyclic N) is 1. The van der Waals surface area contributed by atoms with Crippen LogP contribution in [0.3, 0.4) is 0 Å². The highest BCUT2D eigenvalue weighted by molar-refractivity contribution is 7.23. The Morgan fingerprint density at radius 3 is 2.67 bits per heavy atom. The third-order valence-electron chi connectivity index (χ3n) is 7.89. The Labute approximate surface area is 233 Å². The second kappa shape index (κ2) is 10.3. The number of benzene rings is 2. The number of hydrogen-bond acceptors (Lipinski definition) is 7. The van der Waals surface area contributed by atoms with Crippen molar-refractivity contribution in [2.45, 2.75) is 37.5 Å². The molecule has 4 heterocycles. The summed E-state index contributed by atoms with van der Waals surface area (Å²) in [6.07, 6.45) is 1.84. The van der Waals surface area contributed by atoms with Gasteiger partial charge < -0.3 is 25.2 Å². The normalized spacial score (nSPS) is 20.4. The molecule has 210 valence electrons. The maximum atomic E-state index is 15.3. The van der Waals surface area contributed by atoms with Crippen LogP contribution in [0.4, 0.5) is 9.18 Å². The Kier molecular flexibility index (Phi) is 6.85. The van der Waals surface area contributed by atoms with Crippen LogP contribution in [-0.4, -0.2) is 87.3 Å². The number of thiazole rings is 1. The second-order valence-electron chi connectivity index (χ2n) is 10.5. The number of nitrogens with zero attached hydrogens (tertiary/aromatic N) is 4. The molecule has 2 aliphatic heterocycles. The Morgan fingerprint density at radius 1 is 1.20 bits per heavy atom. The van der Waals surface area contributed by atoms with Crippen LogP contribution in [0.15, 0.2) is 36.5 Å². The third kappa shape index (κ3) is 4.76. The highest BCUT2D eigenvalue weighted by Crippen LogP contribution is 2.37. The van der Waals surface area contributed by atoms with E-state index in [9.17, 15) is 19.8 Å². The summed E-state index contributed by atoms with van der Waals surface area (Å²) in [5, 5.41) is 22.5. The van der Waals surface area contributed by atoms with Crippen molar-refractivity contribution in [3.63, 3.8) is 0 Å². The summed E-state index contributed by atoms with van der Waals surface area (Å²) in [4.78, 5) is 33.4. The Hall–Kier alpha value is -3.74. The number of hydrogen-bond donors (Lipinski definition) is 3. The van der Waals surface area contributed by atoms with Crippen molar-refractivity contribution in [2.75, 3.05) is 33.8 Å². The first-order valence-corrected chi connectivity index (χ1v) is 14.0. The van der Waals surface area contributed by atoms with Crippen molar-refractivity contribution in [1.82, 2.24) is 24.5 Å². The van der Waals surface area contributed by atoms with Gasteiger partial charge in [0.25, 0.3) is 5.91 Å². The lowest BCUT2D eigenvalue weighted by atomic mass is 10.0. The van der Waals surface area contributed by atoms with Gasteiger partial charge in [0.15, 0.2) is 4.96 Å². The number of piperidine rings is 1. The lowest BCUT2D eigenvalue weighted by Gasteiger charge is -2.29. The average molecular weight is 568 g/mol. The molecule has 2 aromatic heterocycles. The number of ether oxygens (including phenoxy) is 1. The van der Waals surface area contributed by atoms with E-state index >= 15 is 4.39 Å². The van der Waals surface area contributed by atoms with Gasteiger partial charge in [0.1, 0.15) is 11.6 Å². The van der Waals surface area contributed by atoms with Gasteiger partial charge in [0.05, 0.1) is 47.3 Å². The molecule has 0 bridgehead atoms. The third-order valence-corrected chi connectivity index (χ3v) is 8.91. The van der Waals surface area contributed by atoms with E-state index in [0.29, 0.717) is 27.5 Å². The van der Waals surface area contributed by atoms with E-state index in [-0.39, 0.29) is 30.5 Å². The summed E-state index contributed by atoms with van der Waals surface area (Å²) in [7, 11) is 3.61. The van der Waals surface area contributed by atoms with Crippen LogP contribution in [0.1, 0.15) is 41.2 Å². The van der Waals surface area contributed by atoms with Crippen molar-refractivity contribution in [3.8, 4) is 17.0 Å². The van der Waals surface area contributed by atoms with Gasteiger partial charge in [-0.2, -0.15) is 0 Å². The van der Waals surface area contributed by atoms with E-state index in [2.05, 4.69) is 22.2 Å². The molecule has 2 aromatic carbocycles. The Balaban J connectivity index is 1.29. The maximum absolute atomic E-state index is 15.3. The molecule has 10 nitrogen and oxygen atoms in total. The molecular weight excluding hydrogens is 537 g/mol. The Bertz CT molecular complexity index is 1610. The molecule has 2 amide bonds. The lowest BCUT2D eigenvalue weighted by Crippen LogP contribution is -2.43. The molecule has 0 aliphatic carbocycles. The van der Waals surface area contributed by atoms with Crippen LogP contribution in [0.2, 0.25) is 0 Å². The number of aliphatic hydroxyl groups excluding tert-OH is 1. The number of carbonyl (C=O) groups is 2. The van der Waals surface area contributed by atoms with Crippen molar-refractivity contribution < 1.29 is 28.9 Å². The standard InChI is InChI=1S/C28H30FN5O5S/c1-32-7-5-16(6-8-32)30-26(36)19-11-25-23(12-24(19)39-2)33-14-21(31-27(33)40-25)18-4-3-15(9-20(18)29)22-10-17(35)13-34(22)28(37)38/h3-4,9,11-12,14,16-17,22,35H,5-8,10,13H2,1-2H3,(H,30,36)(H,37,38)/t17-,22+/m0/s1. The maximum Gasteiger partial charge on any atom is 0.407 e. The monoisotopic (exact) mass is 567 g/mol. The largest absolute Gasteiger partial charge is 0.496 e. The zero-order chi connectivity index (χ0) is 28.1. The Morgan fingerprint density at radius 2 is 1.98 bits per heavy atom. The zero-order valence-electron chi connectivity index (χ0n) is 22.1. The first-order valence-electron chi connectivity index (χ1n) is 13.2. The number of carbonyl (C=O) groups excluding carboxylic acids is 1. The van der Waals surface area contributed by atoms with Gasteiger partial charge in [-0.25, -0.2) is 14.2 Å². The molecule has 0 unspecified atom stereocenters. The van der Waals surface area contributed by atoms with Gasteiger partial charge in [-0.05, 0) is 63.2 Å². The van der Waals surface area contributed by atoms with Gasteiger partial charge in [-0.1, -0.05) is 17.4 Å². The van der Waals surface area contributed by atoms with Crippen LogP contribution in [0.5, 0.6) is 5.75 Å². The van der Waals surface area contributed by atoms with Crippen LogP contribution >= 0.6 is 11.3 Å². The molecule has 0 saturated carbocycles. The van der Waals surface area contributed by atoms with E-state index in [1.54, 1.807) is 24.4 Å².